The summed E-state index contributed by atoms with van der Waals surface area (Å²) in [5.41, 5.74) is 1.28. The number of piperidine rings is 1. The number of hydrogen-bond donors (Lipinski definition) is 2. The van der Waals surface area contributed by atoms with Crippen molar-refractivity contribution in [3.63, 3.8) is 0 Å². The Morgan fingerprint density at radius 3 is 2.76 bits per heavy atom. The molecular weight excluding hydrogens is 385 g/mol. The number of nitrogens with zero attached hydrogens (tertiary/aromatic N) is 2. The SMILES string of the molecule is CCc1ncc(CN2CC3C(CNC(=O)c4cccc(OC(F)(F)F)c4)C3C2)[nH]1. The Balaban J connectivity index is 1.23. The minimum atomic E-state index is -4.78. The van der Waals surface area contributed by atoms with Gasteiger partial charge in [0.15, 0.2) is 0 Å². The van der Waals surface area contributed by atoms with Gasteiger partial charge in [0, 0.05) is 50.1 Å². The normalized spacial score (nSPS) is 23.7. The largest absolute Gasteiger partial charge is 0.573 e. The molecule has 0 radical (unpaired) electrons. The van der Waals surface area contributed by atoms with Gasteiger partial charge in [0.1, 0.15) is 11.6 Å². The molecule has 156 valence electrons. The number of aromatic amines is 1. The zero-order valence-electron chi connectivity index (χ0n) is 16.0. The van der Waals surface area contributed by atoms with Gasteiger partial charge in [0.25, 0.3) is 5.91 Å². The summed E-state index contributed by atoms with van der Waals surface area (Å²) >= 11 is 0. The molecule has 1 aliphatic carbocycles. The number of likely N-dealkylation sites (tertiary alicyclic amines) is 1. The number of ether oxygens (including phenoxy) is 1. The number of benzene rings is 1. The molecule has 4 rings (SSSR count). The van der Waals surface area contributed by atoms with E-state index in [1.54, 1.807) is 0 Å². The fourth-order valence-corrected chi connectivity index (χ4v) is 4.22. The third-order valence-electron chi connectivity index (χ3n) is 5.69. The maximum Gasteiger partial charge on any atom is 0.573 e. The van der Waals surface area contributed by atoms with Gasteiger partial charge >= 0.3 is 6.36 Å². The minimum Gasteiger partial charge on any atom is -0.406 e. The Morgan fingerprint density at radius 1 is 1.34 bits per heavy atom. The number of amides is 1. The molecule has 29 heavy (non-hydrogen) atoms. The minimum absolute atomic E-state index is 0.158. The van der Waals surface area contributed by atoms with Gasteiger partial charge in [-0.15, -0.1) is 13.2 Å². The highest BCUT2D eigenvalue weighted by molar-refractivity contribution is 5.94. The van der Waals surface area contributed by atoms with E-state index in [2.05, 4.69) is 31.8 Å². The molecule has 1 aliphatic heterocycles. The second-order valence-electron chi connectivity index (χ2n) is 7.68. The first kappa shape index (κ1) is 19.8. The van der Waals surface area contributed by atoms with Gasteiger partial charge in [-0.05, 0) is 36.0 Å². The molecule has 1 aromatic carbocycles. The molecule has 2 atom stereocenters. The fraction of sp³-hybridized carbons (Fsp3) is 0.500. The van der Waals surface area contributed by atoms with Crippen LogP contribution >= 0.6 is 0 Å². The van der Waals surface area contributed by atoms with Crippen molar-refractivity contribution in [3.05, 3.63) is 47.5 Å². The van der Waals surface area contributed by atoms with Crippen molar-refractivity contribution in [2.45, 2.75) is 26.3 Å². The molecule has 2 unspecified atom stereocenters. The number of fused-ring (bicyclic) bond motifs is 1. The molecule has 2 aliphatic rings. The number of halogens is 3. The molecular formula is C20H23F3N4O2. The molecule has 9 heteroatoms. The first-order valence-corrected chi connectivity index (χ1v) is 9.71. The zero-order valence-corrected chi connectivity index (χ0v) is 16.0. The molecule has 2 aromatic rings. The summed E-state index contributed by atoms with van der Waals surface area (Å²) in [5.74, 6) is 1.76. The molecule has 2 N–H and O–H groups in total. The second-order valence-corrected chi connectivity index (χ2v) is 7.68. The Kier molecular flexibility index (Phi) is 5.24. The quantitative estimate of drug-likeness (QED) is 0.739. The number of nitrogens with one attached hydrogen (secondary N) is 2. The molecule has 2 heterocycles. The van der Waals surface area contributed by atoms with Crippen LogP contribution < -0.4 is 10.1 Å². The summed E-state index contributed by atoms with van der Waals surface area (Å²) in [7, 11) is 0. The van der Waals surface area contributed by atoms with E-state index in [9.17, 15) is 18.0 Å². The van der Waals surface area contributed by atoms with Gasteiger partial charge in [-0.3, -0.25) is 9.69 Å². The highest BCUT2D eigenvalue weighted by Crippen LogP contribution is 2.51. The highest BCUT2D eigenvalue weighted by Gasteiger charge is 2.55. The molecule has 0 spiro atoms. The number of carbonyl (C=O) groups is 1. The first-order valence-electron chi connectivity index (χ1n) is 9.71. The predicted molar refractivity (Wildman–Crippen MR) is 99.2 cm³/mol. The molecule has 2 fully saturated rings. The van der Waals surface area contributed by atoms with Crippen LogP contribution in [0, 0.1) is 17.8 Å². The standard InChI is InChI=1S/C20H23F3N4O2/c1-2-18-24-7-13(26-18)9-27-10-16-15(17(16)11-27)8-25-19(28)12-4-3-5-14(6-12)29-20(21,22)23/h3-7,15-17H,2,8-11H2,1H3,(H,24,26)(H,25,28). The van der Waals surface area contributed by atoms with Gasteiger partial charge in [0.2, 0.25) is 0 Å². The van der Waals surface area contributed by atoms with Gasteiger partial charge in [-0.2, -0.15) is 0 Å². The Bertz CT molecular complexity index is 871. The van der Waals surface area contributed by atoms with Crippen LogP contribution in [0.5, 0.6) is 5.75 Å². The number of carbonyl (C=O) groups excluding carboxylic acids is 1. The predicted octanol–water partition coefficient (Wildman–Crippen LogP) is 2.98. The van der Waals surface area contributed by atoms with E-state index in [4.69, 9.17) is 0 Å². The van der Waals surface area contributed by atoms with E-state index in [1.165, 1.54) is 18.2 Å². The van der Waals surface area contributed by atoms with Crippen molar-refractivity contribution in [3.8, 4) is 5.75 Å². The van der Waals surface area contributed by atoms with E-state index in [-0.39, 0.29) is 11.5 Å². The molecule has 0 bridgehead atoms. The maximum atomic E-state index is 12.3. The third kappa shape index (κ3) is 4.72. The maximum absolute atomic E-state index is 12.3. The third-order valence-corrected chi connectivity index (χ3v) is 5.69. The summed E-state index contributed by atoms with van der Waals surface area (Å²) in [6, 6.07) is 5.13. The molecule has 1 saturated heterocycles. The van der Waals surface area contributed by atoms with E-state index in [0.717, 1.165) is 43.6 Å². The Hall–Kier alpha value is -2.55. The lowest BCUT2D eigenvalue weighted by Gasteiger charge is -2.18. The molecule has 1 saturated carbocycles. The number of aromatic nitrogens is 2. The second kappa shape index (κ2) is 7.70. The number of rotatable bonds is 7. The molecule has 1 amide bonds. The molecule has 6 nitrogen and oxygen atoms in total. The van der Waals surface area contributed by atoms with Crippen LogP contribution in [0.4, 0.5) is 13.2 Å². The number of imidazole rings is 1. The summed E-state index contributed by atoms with van der Waals surface area (Å²) in [5, 5.41) is 2.84. The highest BCUT2D eigenvalue weighted by atomic mass is 19.4. The van der Waals surface area contributed by atoms with E-state index < -0.39 is 12.1 Å². The fourth-order valence-electron chi connectivity index (χ4n) is 4.22. The Labute approximate surface area is 166 Å². The first-order chi connectivity index (χ1) is 13.8. The van der Waals surface area contributed by atoms with Crippen molar-refractivity contribution in [1.29, 1.82) is 0 Å². The van der Waals surface area contributed by atoms with Gasteiger partial charge in [-0.1, -0.05) is 13.0 Å². The van der Waals surface area contributed by atoms with Crippen LogP contribution in [-0.4, -0.2) is 46.8 Å². The Morgan fingerprint density at radius 2 is 2.10 bits per heavy atom. The summed E-state index contributed by atoms with van der Waals surface area (Å²) in [4.78, 5) is 22.3. The van der Waals surface area contributed by atoms with E-state index >= 15 is 0 Å². The lowest BCUT2D eigenvalue weighted by molar-refractivity contribution is -0.274. The van der Waals surface area contributed by atoms with Crippen LogP contribution in [0.3, 0.4) is 0 Å². The van der Waals surface area contributed by atoms with E-state index in [0.29, 0.717) is 24.3 Å². The lowest BCUT2D eigenvalue weighted by atomic mass is 10.2. The van der Waals surface area contributed by atoms with Crippen molar-refractivity contribution in [2.75, 3.05) is 19.6 Å². The van der Waals surface area contributed by atoms with Crippen LogP contribution in [-0.2, 0) is 13.0 Å². The summed E-state index contributed by atoms with van der Waals surface area (Å²) in [6.45, 7) is 5.43. The van der Waals surface area contributed by atoms with Crippen molar-refractivity contribution in [2.24, 2.45) is 17.8 Å². The topological polar surface area (TPSA) is 70.2 Å². The van der Waals surface area contributed by atoms with E-state index in [1.807, 2.05) is 6.20 Å². The lowest BCUT2D eigenvalue weighted by Crippen LogP contribution is -2.30. The van der Waals surface area contributed by atoms with Crippen LogP contribution in [0.1, 0.15) is 28.8 Å². The average molecular weight is 408 g/mol. The number of H-pyrrole nitrogens is 1. The smallest absolute Gasteiger partial charge is 0.406 e. The van der Waals surface area contributed by atoms with Crippen LogP contribution in [0.25, 0.3) is 0 Å². The van der Waals surface area contributed by atoms with Gasteiger partial charge < -0.3 is 15.0 Å². The van der Waals surface area contributed by atoms with Crippen molar-refractivity contribution in [1.82, 2.24) is 20.2 Å². The van der Waals surface area contributed by atoms with Crippen molar-refractivity contribution < 1.29 is 22.7 Å². The number of alkyl halides is 3. The van der Waals surface area contributed by atoms with Crippen LogP contribution in [0.2, 0.25) is 0 Å². The van der Waals surface area contributed by atoms with Gasteiger partial charge in [-0.25, -0.2) is 4.98 Å². The van der Waals surface area contributed by atoms with Crippen LogP contribution in [0.15, 0.2) is 30.5 Å². The number of aryl methyl sites for hydroxylation is 1. The monoisotopic (exact) mass is 408 g/mol. The van der Waals surface area contributed by atoms with Gasteiger partial charge in [0.05, 0.1) is 0 Å². The number of hydrogen-bond acceptors (Lipinski definition) is 4. The zero-order chi connectivity index (χ0) is 20.6. The summed E-state index contributed by atoms with van der Waals surface area (Å²) in [6.07, 6.45) is -2.00. The summed E-state index contributed by atoms with van der Waals surface area (Å²) < 4.78 is 40.8. The molecule has 1 aromatic heterocycles. The van der Waals surface area contributed by atoms with Crippen molar-refractivity contribution >= 4 is 5.91 Å². The average Bonchev–Trinajstić information content (AvgIpc) is 3.01.